The first-order valence-corrected chi connectivity index (χ1v) is 7.24. The van der Waals surface area contributed by atoms with Gasteiger partial charge in [-0.3, -0.25) is 4.68 Å². The molecule has 90 valence electrons. The largest absolute Gasteiger partial charge is 0.316 e. The summed E-state index contributed by atoms with van der Waals surface area (Å²) < 4.78 is 1.92. The zero-order valence-corrected chi connectivity index (χ0v) is 11.4. The predicted molar refractivity (Wildman–Crippen MR) is 70.1 cm³/mol. The number of hydrogen-bond acceptors (Lipinski definition) is 3. The first-order valence-electron chi connectivity index (χ1n) is 5.71. The van der Waals surface area contributed by atoms with E-state index >= 15 is 0 Å². The standard InChI is InChI=1S/C11H18ClN3S/c1-3-9-11(12)10(15(2)14-9)7-16-6-8-4-13-5-8/h8,13H,3-7H2,1-2H3. The second kappa shape index (κ2) is 5.43. The highest BCUT2D eigenvalue weighted by Gasteiger charge is 2.18. The van der Waals surface area contributed by atoms with Gasteiger partial charge >= 0.3 is 0 Å². The second-order valence-corrected chi connectivity index (χ2v) is 5.63. The van der Waals surface area contributed by atoms with E-state index in [0.717, 1.165) is 34.5 Å². The first kappa shape index (κ1) is 12.3. The fraction of sp³-hybridized carbons (Fsp3) is 0.727. The van der Waals surface area contributed by atoms with Gasteiger partial charge in [-0.2, -0.15) is 16.9 Å². The van der Waals surface area contributed by atoms with Crippen LogP contribution in [-0.4, -0.2) is 28.6 Å². The van der Waals surface area contributed by atoms with E-state index in [0.29, 0.717) is 0 Å². The van der Waals surface area contributed by atoms with E-state index in [4.69, 9.17) is 11.6 Å². The van der Waals surface area contributed by atoms with E-state index in [-0.39, 0.29) is 0 Å². The molecule has 0 atom stereocenters. The number of nitrogens with one attached hydrogen (secondary N) is 1. The molecule has 0 aliphatic carbocycles. The maximum atomic E-state index is 6.28. The Bertz CT molecular complexity index is 360. The third kappa shape index (κ3) is 2.55. The Kier molecular flexibility index (Phi) is 4.16. The molecule has 1 aromatic heterocycles. The van der Waals surface area contributed by atoms with Crippen molar-refractivity contribution in [3.63, 3.8) is 0 Å². The Labute approximate surface area is 106 Å². The minimum Gasteiger partial charge on any atom is -0.316 e. The number of halogens is 1. The van der Waals surface area contributed by atoms with Crippen LogP contribution in [-0.2, 0) is 19.2 Å². The third-order valence-corrected chi connectivity index (χ3v) is 4.58. The van der Waals surface area contributed by atoms with Crippen LogP contribution < -0.4 is 5.32 Å². The van der Waals surface area contributed by atoms with Crippen molar-refractivity contribution in [1.82, 2.24) is 15.1 Å². The van der Waals surface area contributed by atoms with Gasteiger partial charge in [-0.1, -0.05) is 18.5 Å². The molecule has 0 aromatic carbocycles. The van der Waals surface area contributed by atoms with Crippen molar-refractivity contribution in [3.8, 4) is 0 Å². The molecule has 1 N–H and O–H groups in total. The molecule has 5 heteroatoms. The Balaban J connectivity index is 1.89. The van der Waals surface area contributed by atoms with Crippen molar-refractivity contribution in [2.45, 2.75) is 19.1 Å². The smallest absolute Gasteiger partial charge is 0.0858 e. The highest BCUT2D eigenvalue weighted by atomic mass is 35.5. The number of nitrogens with zero attached hydrogens (tertiary/aromatic N) is 2. The van der Waals surface area contributed by atoms with Crippen LogP contribution in [0.25, 0.3) is 0 Å². The van der Waals surface area contributed by atoms with Crippen LogP contribution in [0.2, 0.25) is 5.02 Å². The SMILES string of the molecule is CCc1nn(C)c(CSCC2CNC2)c1Cl. The van der Waals surface area contributed by atoms with Crippen LogP contribution >= 0.6 is 23.4 Å². The molecule has 1 aromatic rings. The van der Waals surface area contributed by atoms with E-state index in [2.05, 4.69) is 17.3 Å². The molecule has 1 aliphatic rings. The van der Waals surface area contributed by atoms with Gasteiger partial charge in [0.05, 0.1) is 16.4 Å². The number of aryl methyl sites for hydroxylation is 2. The van der Waals surface area contributed by atoms with E-state index < -0.39 is 0 Å². The highest BCUT2D eigenvalue weighted by Crippen LogP contribution is 2.26. The van der Waals surface area contributed by atoms with Crippen LogP contribution in [0.4, 0.5) is 0 Å². The van der Waals surface area contributed by atoms with Crippen LogP contribution in [0, 0.1) is 5.92 Å². The summed E-state index contributed by atoms with van der Waals surface area (Å²) >= 11 is 8.24. The third-order valence-electron chi connectivity index (χ3n) is 2.96. The fourth-order valence-corrected chi connectivity index (χ4v) is 3.42. The minimum absolute atomic E-state index is 0.850. The van der Waals surface area contributed by atoms with E-state index in [1.54, 1.807) is 0 Å². The monoisotopic (exact) mass is 259 g/mol. The molecule has 0 unspecified atom stereocenters. The van der Waals surface area contributed by atoms with Crippen molar-refractivity contribution in [2.75, 3.05) is 18.8 Å². The quantitative estimate of drug-likeness (QED) is 0.878. The molecule has 16 heavy (non-hydrogen) atoms. The molecular weight excluding hydrogens is 242 g/mol. The average Bonchev–Trinajstić information content (AvgIpc) is 2.47. The minimum atomic E-state index is 0.850. The van der Waals surface area contributed by atoms with Crippen molar-refractivity contribution >= 4 is 23.4 Å². The van der Waals surface area contributed by atoms with Gasteiger partial charge in [-0.25, -0.2) is 0 Å². The van der Waals surface area contributed by atoms with Gasteiger partial charge in [0.2, 0.25) is 0 Å². The summed E-state index contributed by atoms with van der Waals surface area (Å²) in [6, 6.07) is 0. The number of aromatic nitrogens is 2. The Hall–Kier alpha value is -0.190. The zero-order valence-electron chi connectivity index (χ0n) is 9.79. The van der Waals surface area contributed by atoms with Crippen LogP contribution in [0.5, 0.6) is 0 Å². The summed E-state index contributed by atoms with van der Waals surface area (Å²) in [6.07, 6.45) is 0.907. The first-order chi connectivity index (χ1) is 7.72. The lowest BCUT2D eigenvalue weighted by Crippen LogP contribution is -2.43. The molecule has 2 heterocycles. The van der Waals surface area contributed by atoms with Gasteiger partial charge in [0.1, 0.15) is 0 Å². The van der Waals surface area contributed by atoms with Gasteiger partial charge in [0.25, 0.3) is 0 Å². The van der Waals surface area contributed by atoms with Crippen molar-refractivity contribution in [1.29, 1.82) is 0 Å². The molecule has 0 radical (unpaired) electrons. The topological polar surface area (TPSA) is 29.9 Å². The summed E-state index contributed by atoms with van der Waals surface area (Å²) in [6.45, 7) is 4.43. The number of thioether (sulfide) groups is 1. The second-order valence-electron chi connectivity index (χ2n) is 4.22. The molecule has 1 saturated heterocycles. The molecular formula is C11H18ClN3S. The van der Waals surface area contributed by atoms with Gasteiger partial charge in [-0.05, 0) is 31.2 Å². The lowest BCUT2D eigenvalue weighted by Gasteiger charge is -2.26. The van der Waals surface area contributed by atoms with Crippen molar-refractivity contribution in [3.05, 3.63) is 16.4 Å². The van der Waals surface area contributed by atoms with Gasteiger partial charge < -0.3 is 5.32 Å². The number of rotatable bonds is 5. The van der Waals surface area contributed by atoms with E-state index in [1.807, 2.05) is 23.5 Å². The van der Waals surface area contributed by atoms with Gasteiger partial charge in [0, 0.05) is 12.8 Å². The molecule has 0 amide bonds. The Morgan fingerprint density at radius 3 is 2.81 bits per heavy atom. The van der Waals surface area contributed by atoms with Crippen molar-refractivity contribution in [2.24, 2.45) is 13.0 Å². The lowest BCUT2D eigenvalue weighted by molar-refractivity contribution is 0.385. The van der Waals surface area contributed by atoms with Crippen LogP contribution in [0.15, 0.2) is 0 Å². The number of hydrogen-bond donors (Lipinski definition) is 1. The molecule has 0 spiro atoms. The summed E-state index contributed by atoms with van der Waals surface area (Å²) in [4.78, 5) is 0. The summed E-state index contributed by atoms with van der Waals surface area (Å²) in [5.41, 5.74) is 2.18. The molecule has 0 saturated carbocycles. The summed E-state index contributed by atoms with van der Waals surface area (Å²) in [5.74, 6) is 3.04. The Morgan fingerprint density at radius 1 is 1.56 bits per heavy atom. The normalized spacial score (nSPS) is 16.4. The highest BCUT2D eigenvalue weighted by molar-refractivity contribution is 7.98. The molecule has 2 rings (SSSR count). The summed E-state index contributed by atoms with van der Waals surface area (Å²) in [5, 5.41) is 8.57. The molecule has 1 aliphatic heterocycles. The lowest BCUT2D eigenvalue weighted by atomic mass is 10.1. The molecule has 0 bridgehead atoms. The zero-order chi connectivity index (χ0) is 11.5. The Morgan fingerprint density at radius 2 is 2.31 bits per heavy atom. The predicted octanol–water partition coefficient (Wildman–Crippen LogP) is 2.09. The van der Waals surface area contributed by atoms with Gasteiger partial charge in [0.15, 0.2) is 0 Å². The van der Waals surface area contributed by atoms with E-state index in [1.165, 1.54) is 18.8 Å². The van der Waals surface area contributed by atoms with E-state index in [9.17, 15) is 0 Å². The maximum absolute atomic E-state index is 6.28. The molecule has 3 nitrogen and oxygen atoms in total. The fourth-order valence-electron chi connectivity index (χ4n) is 1.77. The van der Waals surface area contributed by atoms with Crippen LogP contribution in [0.3, 0.4) is 0 Å². The maximum Gasteiger partial charge on any atom is 0.0858 e. The van der Waals surface area contributed by atoms with Crippen molar-refractivity contribution < 1.29 is 0 Å². The average molecular weight is 260 g/mol. The van der Waals surface area contributed by atoms with Gasteiger partial charge in [-0.15, -0.1) is 0 Å². The van der Waals surface area contributed by atoms with Crippen LogP contribution in [0.1, 0.15) is 18.3 Å². The molecule has 1 fully saturated rings. The summed E-state index contributed by atoms with van der Waals surface area (Å²) in [7, 11) is 1.98.